The first kappa shape index (κ1) is 14.5. The fraction of sp³-hybridized carbons (Fsp3) is 0.133. The zero-order chi connectivity index (χ0) is 14.5. The topological polar surface area (TPSA) is 41.1 Å². The first-order valence-electron chi connectivity index (χ1n) is 6.10. The van der Waals surface area contributed by atoms with Gasteiger partial charge in [-0.25, -0.2) is 9.18 Å². The molecule has 0 heterocycles. The average molecular weight is 337 g/mol. The first-order valence-corrected chi connectivity index (χ1v) is 6.90. The van der Waals surface area contributed by atoms with Gasteiger partial charge in [0, 0.05) is 22.3 Å². The number of carbonyl (C=O) groups excluding carboxylic acids is 1. The van der Waals surface area contributed by atoms with E-state index in [9.17, 15) is 9.18 Å². The molecule has 20 heavy (non-hydrogen) atoms. The van der Waals surface area contributed by atoms with Crippen molar-refractivity contribution in [2.75, 3.05) is 5.32 Å². The van der Waals surface area contributed by atoms with Crippen LogP contribution < -0.4 is 10.6 Å². The Balaban J connectivity index is 1.96. The molecule has 0 bridgehead atoms. The lowest BCUT2D eigenvalue weighted by Gasteiger charge is -2.10. The van der Waals surface area contributed by atoms with Crippen LogP contribution in [0.25, 0.3) is 0 Å². The molecule has 0 aliphatic rings. The van der Waals surface area contributed by atoms with Crippen molar-refractivity contribution < 1.29 is 9.18 Å². The minimum absolute atomic E-state index is 0.144. The number of aryl methyl sites for hydroxylation is 1. The molecular formula is C15H14BrFN2O. The molecule has 0 aliphatic heterocycles. The van der Waals surface area contributed by atoms with Crippen LogP contribution in [-0.4, -0.2) is 6.03 Å². The van der Waals surface area contributed by atoms with Crippen LogP contribution in [0.3, 0.4) is 0 Å². The normalized spacial score (nSPS) is 10.2. The highest BCUT2D eigenvalue weighted by molar-refractivity contribution is 9.10. The standard InChI is InChI=1S/C15H14BrFN2O/c1-10-6-7-12(16)8-14(10)19-15(20)18-9-11-4-2-3-5-13(11)17/h2-8H,9H2,1H3,(H2,18,19,20). The molecule has 2 N–H and O–H groups in total. The smallest absolute Gasteiger partial charge is 0.319 e. The fourth-order valence-electron chi connectivity index (χ4n) is 1.71. The third kappa shape index (κ3) is 3.81. The SMILES string of the molecule is Cc1ccc(Br)cc1NC(=O)NCc1ccccc1F. The fourth-order valence-corrected chi connectivity index (χ4v) is 2.07. The van der Waals surface area contributed by atoms with E-state index in [1.807, 2.05) is 25.1 Å². The maximum Gasteiger partial charge on any atom is 0.319 e. The van der Waals surface area contributed by atoms with Crippen LogP contribution in [0.5, 0.6) is 0 Å². The van der Waals surface area contributed by atoms with Crippen molar-refractivity contribution in [3.05, 3.63) is 63.9 Å². The Labute approximate surface area is 125 Å². The summed E-state index contributed by atoms with van der Waals surface area (Å²) in [6.07, 6.45) is 0. The van der Waals surface area contributed by atoms with Crippen LogP contribution in [0.4, 0.5) is 14.9 Å². The quantitative estimate of drug-likeness (QED) is 0.865. The van der Waals surface area contributed by atoms with E-state index in [0.29, 0.717) is 11.3 Å². The van der Waals surface area contributed by atoms with E-state index in [4.69, 9.17) is 0 Å². The summed E-state index contributed by atoms with van der Waals surface area (Å²) >= 11 is 3.35. The molecule has 0 spiro atoms. The number of nitrogens with one attached hydrogen (secondary N) is 2. The molecule has 2 aromatic rings. The van der Waals surface area contributed by atoms with E-state index in [0.717, 1.165) is 10.0 Å². The molecule has 0 saturated carbocycles. The molecule has 0 aliphatic carbocycles. The largest absolute Gasteiger partial charge is 0.334 e. The van der Waals surface area contributed by atoms with Crippen LogP contribution in [0, 0.1) is 12.7 Å². The van der Waals surface area contributed by atoms with Crippen LogP contribution >= 0.6 is 15.9 Å². The molecule has 0 atom stereocenters. The van der Waals surface area contributed by atoms with E-state index in [1.54, 1.807) is 18.2 Å². The predicted octanol–water partition coefficient (Wildman–Crippen LogP) is 4.22. The Morgan fingerprint density at radius 2 is 2.00 bits per heavy atom. The minimum Gasteiger partial charge on any atom is -0.334 e. The van der Waals surface area contributed by atoms with E-state index >= 15 is 0 Å². The summed E-state index contributed by atoms with van der Waals surface area (Å²) < 4.78 is 14.3. The average Bonchev–Trinajstić information content (AvgIpc) is 2.42. The van der Waals surface area contributed by atoms with Crippen LogP contribution in [0.2, 0.25) is 0 Å². The van der Waals surface area contributed by atoms with Crippen molar-refractivity contribution in [1.82, 2.24) is 5.32 Å². The second kappa shape index (κ2) is 6.52. The summed E-state index contributed by atoms with van der Waals surface area (Å²) in [5.41, 5.74) is 2.12. The second-order valence-corrected chi connectivity index (χ2v) is 5.27. The zero-order valence-corrected chi connectivity index (χ0v) is 12.5. The molecular weight excluding hydrogens is 323 g/mol. The third-order valence-corrected chi connectivity index (χ3v) is 3.34. The summed E-state index contributed by atoms with van der Waals surface area (Å²) in [5, 5.41) is 5.37. The highest BCUT2D eigenvalue weighted by Crippen LogP contribution is 2.20. The molecule has 3 nitrogen and oxygen atoms in total. The lowest BCUT2D eigenvalue weighted by atomic mass is 10.2. The monoisotopic (exact) mass is 336 g/mol. The number of urea groups is 1. The lowest BCUT2D eigenvalue weighted by molar-refractivity contribution is 0.251. The number of rotatable bonds is 3. The third-order valence-electron chi connectivity index (χ3n) is 2.85. The number of hydrogen-bond donors (Lipinski definition) is 2. The molecule has 2 amide bonds. The molecule has 0 aromatic heterocycles. The van der Waals surface area contributed by atoms with Gasteiger partial charge in [0.05, 0.1) is 0 Å². The van der Waals surface area contributed by atoms with Crippen molar-refractivity contribution in [2.24, 2.45) is 0 Å². The van der Waals surface area contributed by atoms with Gasteiger partial charge in [-0.1, -0.05) is 40.2 Å². The Morgan fingerprint density at radius 3 is 2.75 bits per heavy atom. The second-order valence-electron chi connectivity index (χ2n) is 4.36. The molecule has 2 aromatic carbocycles. The van der Waals surface area contributed by atoms with Gasteiger partial charge >= 0.3 is 6.03 Å². The lowest BCUT2D eigenvalue weighted by Crippen LogP contribution is -2.28. The summed E-state index contributed by atoms with van der Waals surface area (Å²) in [6, 6.07) is 11.6. The van der Waals surface area contributed by atoms with Crippen molar-refractivity contribution in [2.45, 2.75) is 13.5 Å². The van der Waals surface area contributed by atoms with Gasteiger partial charge in [0.15, 0.2) is 0 Å². The van der Waals surface area contributed by atoms with Gasteiger partial charge in [0.25, 0.3) is 0 Å². The van der Waals surface area contributed by atoms with Gasteiger partial charge in [-0.15, -0.1) is 0 Å². The van der Waals surface area contributed by atoms with E-state index < -0.39 is 0 Å². The Morgan fingerprint density at radius 1 is 1.25 bits per heavy atom. The number of amides is 2. The van der Waals surface area contributed by atoms with E-state index in [1.165, 1.54) is 6.07 Å². The van der Waals surface area contributed by atoms with Gasteiger partial charge in [0.1, 0.15) is 5.82 Å². The molecule has 0 radical (unpaired) electrons. The van der Waals surface area contributed by atoms with Gasteiger partial charge in [-0.3, -0.25) is 0 Å². The number of anilines is 1. The van der Waals surface area contributed by atoms with Crippen molar-refractivity contribution in [1.29, 1.82) is 0 Å². The summed E-state index contributed by atoms with van der Waals surface area (Å²) in [6.45, 7) is 2.05. The Hall–Kier alpha value is -1.88. The maximum atomic E-state index is 13.4. The molecule has 2 rings (SSSR count). The molecule has 0 unspecified atom stereocenters. The molecule has 104 valence electrons. The predicted molar refractivity (Wildman–Crippen MR) is 81.1 cm³/mol. The molecule has 5 heteroatoms. The minimum atomic E-state index is -0.366. The van der Waals surface area contributed by atoms with Crippen LogP contribution in [-0.2, 0) is 6.54 Å². The van der Waals surface area contributed by atoms with Crippen molar-refractivity contribution >= 4 is 27.6 Å². The maximum absolute atomic E-state index is 13.4. The molecule has 0 fully saturated rings. The Bertz CT molecular complexity index is 631. The van der Waals surface area contributed by atoms with Gasteiger partial charge in [-0.05, 0) is 30.7 Å². The van der Waals surface area contributed by atoms with Crippen molar-refractivity contribution in [3.63, 3.8) is 0 Å². The van der Waals surface area contributed by atoms with Gasteiger partial charge in [-0.2, -0.15) is 0 Å². The van der Waals surface area contributed by atoms with Crippen molar-refractivity contribution in [3.8, 4) is 0 Å². The van der Waals surface area contributed by atoms with Gasteiger partial charge in [0.2, 0.25) is 0 Å². The highest BCUT2D eigenvalue weighted by Gasteiger charge is 2.06. The molecule has 0 saturated heterocycles. The summed E-state index contributed by atoms with van der Waals surface area (Å²) in [5.74, 6) is -0.327. The number of benzene rings is 2. The summed E-state index contributed by atoms with van der Waals surface area (Å²) in [7, 11) is 0. The highest BCUT2D eigenvalue weighted by atomic mass is 79.9. The van der Waals surface area contributed by atoms with E-state index in [-0.39, 0.29) is 18.4 Å². The number of hydrogen-bond acceptors (Lipinski definition) is 1. The van der Waals surface area contributed by atoms with Gasteiger partial charge < -0.3 is 10.6 Å². The Kier molecular flexibility index (Phi) is 4.74. The first-order chi connectivity index (χ1) is 9.56. The van der Waals surface area contributed by atoms with E-state index in [2.05, 4.69) is 26.6 Å². The number of halogens is 2. The summed E-state index contributed by atoms with van der Waals surface area (Å²) in [4.78, 5) is 11.8. The van der Waals surface area contributed by atoms with Crippen LogP contribution in [0.1, 0.15) is 11.1 Å². The zero-order valence-electron chi connectivity index (χ0n) is 10.9. The van der Waals surface area contributed by atoms with Crippen LogP contribution in [0.15, 0.2) is 46.9 Å². The number of carbonyl (C=O) groups is 1.